The highest BCUT2D eigenvalue weighted by atomic mass is 15.4. The fourth-order valence-electron chi connectivity index (χ4n) is 1.68. The maximum Gasteiger partial charge on any atom is 0.138 e. The van der Waals surface area contributed by atoms with Gasteiger partial charge in [-0.2, -0.15) is 0 Å². The molecule has 2 aromatic rings. The van der Waals surface area contributed by atoms with E-state index in [1.807, 2.05) is 10.7 Å². The molecule has 3 nitrogen and oxygen atoms in total. The van der Waals surface area contributed by atoms with Crippen molar-refractivity contribution in [3.63, 3.8) is 0 Å². The van der Waals surface area contributed by atoms with Crippen LogP contribution >= 0.6 is 0 Å². The van der Waals surface area contributed by atoms with Crippen LogP contribution in [0.3, 0.4) is 0 Å². The van der Waals surface area contributed by atoms with Crippen molar-refractivity contribution >= 4 is 0 Å². The van der Waals surface area contributed by atoms with E-state index in [9.17, 15) is 0 Å². The van der Waals surface area contributed by atoms with Gasteiger partial charge in [0.1, 0.15) is 6.20 Å². The Balaban J connectivity index is 2.44. The van der Waals surface area contributed by atoms with E-state index in [4.69, 9.17) is 0 Å². The average molecular weight is 214 g/mol. The van der Waals surface area contributed by atoms with Gasteiger partial charge < -0.3 is 0 Å². The zero-order chi connectivity index (χ0) is 11.5. The van der Waals surface area contributed by atoms with Gasteiger partial charge in [-0.1, -0.05) is 38.1 Å². The Morgan fingerprint density at radius 1 is 1.38 bits per heavy atom. The highest BCUT2D eigenvalue weighted by Gasteiger charge is 2.06. The molecule has 0 amide bonds. The van der Waals surface area contributed by atoms with E-state index in [0.717, 1.165) is 17.8 Å². The summed E-state index contributed by atoms with van der Waals surface area (Å²) in [4.78, 5) is 0. The van der Waals surface area contributed by atoms with Crippen LogP contribution in [0.1, 0.15) is 37.9 Å². The first-order chi connectivity index (χ1) is 7.72. The Bertz CT molecular complexity index is 472. The second kappa shape index (κ2) is 4.47. The number of nitrogens with zero attached hydrogens (tertiary/aromatic N) is 3. The summed E-state index contributed by atoms with van der Waals surface area (Å²) < 4.78 is 1.85. The summed E-state index contributed by atoms with van der Waals surface area (Å²) in [5.74, 6) is 0.525. The largest absolute Gasteiger partial charge is 0.217 e. The van der Waals surface area contributed by atoms with Crippen LogP contribution in [0.2, 0.25) is 0 Å². The summed E-state index contributed by atoms with van der Waals surface area (Å²) in [6.45, 7) is 6.46. The molecule has 0 N–H and O–H groups in total. The predicted molar refractivity (Wildman–Crippen MR) is 63.7 cm³/mol. The lowest BCUT2D eigenvalue weighted by Gasteiger charge is -2.09. The molecule has 0 aliphatic carbocycles. The summed E-state index contributed by atoms with van der Waals surface area (Å²) in [7, 11) is 0. The van der Waals surface area contributed by atoms with Gasteiger partial charge in [-0.05, 0) is 30.0 Å². The van der Waals surface area contributed by atoms with Gasteiger partial charge in [-0.25, -0.2) is 4.68 Å². The lowest BCUT2D eigenvalue weighted by atomic mass is 10.0. The Morgan fingerprint density at radius 2 is 2.19 bits per heavy atom. The quantitative estimate of drug-likeness (QED) is 0.786. The molecule has 0 bridgehead atoms. The van der Waals surface area contributed by atoms with E-state index in [0.29, 0.717) is 5.92 Å². The lowest BCUT2D eigenvalue weighted by Crippen LogP contribution is -2.02. The van der Waals surface area contributed by atoms with Crippen LogP contribution in [0.15, 0.2) is 24.3 Å². The molecule has 0 fully saturated rings. The standard InChI is InChI=1S/C13H16N3/c1-4-12-9-14-15-16(12)13-7-5-6-11(8-13)10(2)3/h5-8,10H,4H2,1-3H3. The first-order valence-electron chi connectivity index (χ1n) is 5.65. The molecule has 0 aliphatic heterocycles. The first kappa shape index (κ1) is 10.9. The van der Waals surface area contributed by atoms with Crippen LogP contribution in [0.5, 0.6) is 0 Å². The van der Waals surface area contributed by atoms with Crippen LogP contribution in [-0.2, 0) is 6.42 Å². The molecule has 0 atom stereocenters. The molecule has 3 heteroatoms. The highest BCUT2D eigenvalue weighted by Crippen LogP contribution is 2.18. The molecular weight excluding hydrogens is 198 g/mol. The van der Waals surface area contributed by atoms with Gasteiger partial charge in [0, 0.05) is 0 Å². The Hall–Kier alpha value is -1.64. The van der Waals surface area contributed by atoms with Gasteiger partial charge in [0.25, 0.3) is 0 Å². The predicted octanol–water partition coefficient (Wildman–Crippen LogP) is 2.75. The van der Waals surface area contributed by atoms with E-state index in [-0.39, 0.29) is 0 Å². The smallest absolute Gasteiger partial charge is 0.138 e. The van der Waals surface area contributed by atoms with Crippen molar-refractivity contribution in [2.45, 2.75) is 33.1 Å². The second-order valence-corrected chi connectivity index (χ2v) is 4.16. The van der Waals surface area contributed by atoms with Crippen LogP contribution < -0.4 is 0 Å². The molecule has 1 aromatic carbocycles. The van der Waals surface area contributed by atoms with Crippen LogP contribution in [0.4, 0.5) is 0 Å². The minimum Gasteiger partial charge on any atom is -0.217 e. The van der Waals surface area contributed by atoms with Crippen LogP contribution in [-0.4, -0.2) is 15.0 Å². The normalized spacial score (nSPS) is 11.0. The zero-order valence-corrected chi connectivity index (χ0v) is 9.94. The van der Waals surface area contributed by atoms with Crippen molar-refractivity contribution in [3.8, 4) is 5.69 Å². The fourth-order valence-corrected chi connectivity index (χ4v) is 1.68. The third kappa shape index (κ3) is 1.98. The molecule has 0 aliphatic rings. The molecule has 0 unspecified atom stereocenters. The van der Waals surface area contributed by atoms with Crippen LogP contribution in [0, 0.1) is 6.20 Å². The van der Waals surface area contributed by atoms with Crippen molar-refractivity contribution in [1.82, 2.24) is 15.0 Å². The molecule has 2 rings (SSSR count). The maximum absolute atomic E-state index is 4.07. The molecule has 83 valence electrons. The van der Waals surface area contributed by atoms with E-state index in [1.165, 1.54) is 5.56 Å². The number of benzene rings is 1. The molecule has 16 heavy (non-hydrogen) atoms. The van der Waals surface area contributed by atoms with Crippen LogP contribution in [0.25, 0.3) is 5.69 Å². The number of hydrogen-bond donors (Lipinski definition) is 0. The van der Waals surface area contributed by atoms with E-state index >= 15 is 0 Å². The Kier molecular flexibility index (Phi) is 3.04. The Morgan fingerprint density at radius 3 is 2.88 bits per heavy atom. The number of aryl methyl sites for hydroxylation is 1. The lowest BCUT2D eigenvalue weighted by molar-refractivity contribution is 0.762. The summed E-state index contributed by atoms with van der Waals surface area (Å²) in [6, 6.07) is 8.41. The van der Waals surface area contributed by atoms with Crippen molar-refractivity contribution in [3.05, 3.63) is 41.7 Å². The van der Waals surface area contributed by atoms with Gasteiger partial charge in [0.2, 0.25) is 0 Å². The molecular formula is C13H16N3. The number of aromatic nitrogens is 3. The van der Waals surface area contributed by atoms with E-state index < -0.39 is 0 Å². The topological polar surface area (TPSA) is 30.7 Å². The zero-order valence-electron chi connectivity index (χ0n) is 9.94. The number of rotatable bonds is 3. The molecule has 0 spiro atoms. The van der Waals surface area contributed by atoms with Crippen molar-refractivity contribution < 1.29 is 0 Å². The second-order valence-electron chi connectivity index (χ2n) is 4.16. The number of hydrogen-bond acceptors (Lipinski definition) is 2. The average Bonchev–Trinajstić information content (AvgIpc) is 2.77. The monoisotopic (exact) mass is 214 g/mol. The SMILES string of the molecule is CCc1[c]nnn1-c1cccc(C(C)C)c1. The third-order valence-corrected chi connectivity index (χ3v) is 2.69. The van der Waals surface area contributed by atoms with Crippen molar-refractivity contribution in [2.75, 3.05) is 0 Å². The third-order valence-electron chi connectivity index (χ3n) is 2.69. The molecule has 0 saturated carbocycles. The minimum atomic E-state index is 0.525. The highest BCUT2D eigenvalue weighted by molar-refractivity contribution is 5.37. The summed E-state index contributed by atoms with van der Waals surface area (Å²) in [6.07, 6.45) is 3.79. The van der Waals surface area contributed by atoms with Gasteiger partial charge in [-0.3, -0.25) is 0 Å². The van der Waals surface area contributed by atoms with Crippen molar-refractivity contribution in [1.29, 1.82) is 0 Å². The molecule has 1 heterocycles. The first-order valence-corrected chi connectivity index (χ1v) is 5.65. The van der Waals surface area contributed by atoms with Gasteiger partial charge in [0.05, 0.1) is 11.4 Å². The molecule has 1 radical (unpaired) electrons. The summed E-state index contributed by atoms with van der Waals surface area (Å²) >= 11 is 0. The Labute approximate surface area is 96.1 Å². The van der Waals surface area contributed by atoms with Gasteiger partial charge in [0.15, 0.2) is 0 Å². The molecule has 1 aromatic heterocycles. The minimum absolute atomic E-state index is 0.525. The fraction of sp³-hybridized carbons (Fsp3) is 0.385. The van der Waals surface area contributed by atoms with E-state index in [1.54, 1.807) is 0 Å². The van der Waals surface area contributed by atoms with E-state index in [2.05, 4.69) is 55.5 Å². The molecule has 0 saturated heterocycles. The van der Waals surface area contributed by atoms with Gasteiger partial charge >= 0.3 is 0 Å². The maximum atomic E-state index is 4.07. The summed E-state index contributed by atoms with van der Waals surface area (Å²) in [5, 5.41) is 7.90. The summed E-state index contributed by atoms with van der Waals surface area (Å²) in [5.41, 5.74) is 3.40. The van der Waals surface area contributed by atoms with Crippen molar-refractivity contribution in [2.24, 2.45) is 0 Å². The van der Waals surface area contributed by atoms with Gasteiger partial charge in [-0.15, -0.1) is 5.10 Å².